The van der Waals surface area contributed by atoms with E-state index in [0.29, 0.717) is 6.29 Å². The first-order valence-corrected chi connectivity index (χ1v) is 5.29. The Balaban J connectivity index is 3.03. The summed E-state index contributed by atoms with van der Waals surface area (Å²) in [6, 6.07) is 2.29. The van der Waals surface area contributed by atoms with Crippen molar-refractivity contribution in [3.63, 3.8) is 0 Å². The molecule has 1 rings (SSSR count). The molecule has 0 bridgehead atoms. The number of rotatable bonds is 5. The molecule has 0 aromatic heterocycles. The topological polar surface area (TPSA) is 108 Å². The minimum atomic E-state index is -1.08. The summed E-state index contributed by atoms with van der Waals surface area (Å²) in [6.07, 6.45) is -0.628. The summed E-state index contributed by atoms with van der Waals surface area (Å²) in [7, 11) is 2.25. The second kappa shape index (κ2) is 6.98. The lowest BCUT2D eigenvalue weighted by molar-refractivity contribution is -0.142. The number of aldehydes is 1. The highest BCUT2D eigenvalue weighted by molar-refractivity contribution is 5.79. The molecule has 1 aromatic rings. The lowest BCUT2D eigenvalue weighted by Gasteiger charge is -2.11. The summed E-state index contributed by atoms with van der Waals surface area (Å²) in [5.74, 6) is -1.78. The molecule has 8 heteroatoms. The molecular formula is C12H12O8. The van der Waals surface area contributed by atoms with Gasteiger partial charge in [0.15, 0.2) is 18.1 Å². The molecule has 0 radical (unpaired) electrons. The predicted molar refractivity (Wildman–Crippen MR) is 64.0 cm³/mol. The minimum Gasteiger partial charge on any atom is -0.502 e. The number of aromatic hydroxyl groups is 1. The molecule has 108 valence electrons. The van der Waals surface area contributed by atoms with Crippen molar-refractivity contribution in [1.29, 1.82) is 0 Å². The van der Waals surface area contributed by atoms with Crippen LogP contribution in [-0.2, 0) is 14.3 Å². The number of carbonyl (C=O) groups excluding carboxylic acids is 3. The van der Waals surface area contributed by atoms with Crippen molar-refractivity contribution in [2.45, 2.75) is 0 Å². The Bertz CT molecular complexity index is 522. The van der Waals surface area contributed by atoms with Gasteiger partial charge in [0.25, 0.3) is 0 Å². The SMILES string of the molecule is COC(=O)COc1cc(C=O)cc(OC(=O)OC)c1O. The van der Waals surface area contributed by atoms with E-state index in [1.165, 1.54) is 13.2 Å². The van der Waals surface area contributed by atoms with E-state index in [1.807, 2.05) is 0 Å². The third-order valence-corrected chi connectivity index (χ3v) is 2.13. The van der Waals surface area contributed by atoms with Crippen molar-refractivity contribution in [2.24, 2.45) is 0 Å². The Morgan fingerprint density at radius 3 is 2.40 bits per heavy atom. The number of methoxy groups -OCH3 is 2. The fourth-order valence-corrected chi connectivity index (χ4v) is 1.19. The van der Waals surface area contributed by atoms with Crippen LogP contribution in [0.3, 0.4) is 0 Å². The lowest BCUT2D eigenvalue weighted by atomic mass is 10.2. The summed E-state index contributed by atoms with van der Waals surface area (Å²) in [5, 5.41) is 9.81. The molecule has 0 saturated heterocycles. The second-order valence-electron chi connectivity index (χ2n) is 3.40. The number of hydrogen-bond acceptors (Lipinski definition) is 8. The summed E-state index contributed by atoms with van der Waals surface area (Å²) >= 11 is 0. The van der Waals surface area contributed by atoms with E-state index >= 15 is 0 Å². The number of phenols is 1. The van der Waals surface area contributed by atoms with Gasteiger partial charge in [0.05, 0.1) is 14.2 Å². The Labute approximate surface area is 113 Å². The van der Waals surface area contributed by atoms with E-state index in [1.54, 1.807) is 0 Å². The Kier molecular flexibility index (Phi) is 5.33. The van der Waals surface area contributed by atoms with Crippen LogP contribution in [0.4, 0.5) is 4.79 Å². The number of phenolic OH excluding ortho intramolecular Hbond substituents is 1. The maximum atomic E-state index is 11.0. The van der Waals surface area contributed by atoms with Crippen LogP contribution in [0.2, 0.25) is 0 Å². The highest BCUT2D eigenvalue weighted by Crippen LogP contribution is 2.37. The lowest BCUT2D eigenvalue weighted by Crippen LogP contribution is -2.13. The van der Waals surface area contributed by atoms with Gasteiger partial charge in [-0.3, -0.25) is 4.79 Å². The normalized spacial score (nSPS) is 9.50. The van der Waals surface area contributed by atoms with Gasteiger partial charge >= 0.3 is 12.1 Å². The van der Waals surface area contributed by atoms with Gasteiger partial charge in [-0.1, -0.05) is 0 Å². The minimum absolute atomic E-state index is 0.0709. The molecule has 1 aromatic carbocycles. The molecule has 0 atom stereocenters. The molecule has 0 aliphatic heterocycles. The first-order chi connectivity index (χ1) is 9.51. The van der Waals surface area contributed by atoms with Crippen LogP contribution in [0.25, 0.3) is 0 Å². The third kappa shape index (κ3) is 3.87. The molecule has 0 aliphatic rings. The summed E-state index contributed by atoms with van der Waals surface area (Å²) in [5.41, 5.74) is 0.0709. The zero-order chi connectivity index (χ0) is 15.1. The van der Waals surface area contributed by atoms with Gasteiger partial charge < -0.3 is 24.1 Å². The van der Waals surface area contributed by atoms with Crippen LogP contribution in [-0.4, -0.2) is 44.3 Å². The van der Waals surface area contributed by atoms with Crippen molar-refractivity contribution in [3.8, 4) is 17.2 Å². The molecule has 20 heavy (non-hydrogen) atoms. The molecule has 0 fully saturated rings. The number of carbonyl (C=O) groups is 3. The largest absolute Gasteiger partial charge is 0.513 e. The maximum Gasteiger partial charge on any atom is 0.513 e. The van der Waals surface area contributed by atoms with Gasteiger partial charge in [0, 0.05) is 5.56 Å². The van der Waals surface area contributed by atoms with Crippen molar-refractivity contribution >= 4 is 18.4 Å². The van der Waals surface area contributed by atoms with Crippen LogP contribution in [0.1, 0.15) is 10.4 Å². The Hall–Kier alpha value is -2.77. The molecule has 8 nitrogen and oxygen atoms in total. The summed E-state index contributed by atoms with van der Waals surface area (Å²) < 4.78 is 18.2. The third-order valence-electron chi connectivity index (χ3n) is 2.13. The molecular weight excluding hydrogens is 272 g/mol. The maximum absolute atomic E-state index is 11.0. The number of benzene rings is 1. The van der Waals surface area contributed by atoms with Crippen LogP contribution in [0.15, 0.2) is 12.1 Å². The van der Waals surface area contributed by atoms with Gasteiger partial charge in [-0.15, -0.1) is 0 Å². The first kappa shape index (κ1) is 15.3. The summed E-state index contributed by atoms with van der Waals surface area (Å²) in [4.78, 5) is 32.7. The van der Waals surface area contributed by atoms with E-state index in [0.717, 1.165) is 13.2 Å². The molecule has 0 unspecified atom stereocenters. The molecule has 0 heterocycles. The predicted octanol–water partition coefficient (Wildman–Crippen LogP) is 0.902. The smallest absolute Gasteiger partial charge is 0.502 e. The second-order valence-corrected chi connectivity index (χ2v) is 3.40. The van der Waals surface area contributed by atoms with Crippen molar-refractivity contribution < 1.29 is 38.4 Å². The molecule has 1 N–H and O–H groups in total. The zero-order valence-corrected chi connectivity index (χ0v) is 10.7. The van der Waals surface area contributed by atoms with Crippen LogP contribution in [0, 0.1) is 0 Å². The van der Waals surface area contributed by atoms with E-state index < -0.39 is 24.5 Å². The van der Waals surface area contributed by atoms with E-state index in [9.17, 15) is 19.5 Å². The fraction of sp³-hybridized carbons (Fsp3) is 0.250. The fourth-order valence-electron chi connectivity index (χ4n) is 1.19. The van der Waals surface area contributed by atoms with Crippen molar-refractivity contribution in [3.05, 3.63) is 17.7 Å². The molecule has 0 saturated carbocycles. The van der Waals surface area contributed by atoms with Gasteiger partial charge in [-0.2, -0.15) is 0 Å². The number of ether oxygens (including phenoxy) is 4. The van der Waals surface area contributed by atoms with Crippen molar-refractivity contribution in [2.75, 3.05) is 20.8 Å². The van der Waals surface area contributed by atoms with Gasteiger partial charge in [0.1, 0.15) is 6.29 Å². The van der Waals surface area contributed by atoms with E-state index in [4.69, 9.17) is 4.74 Å². The highest BCUT2D eigenvalue weighted by Gasteiger charge is 2.17. The Morgan fingerprint density at radius 1 is 1.20 bits per heavy atom. The first-order valence-electron chi connectivity index (χ1n) is 5.29. The van der Waals surface area contributed by atoms with Crippen LogP contribution < -0.4 is 9.47 Å². The number of hydrogen-bond donors (Lipinski definition) is 1. The van der Waals surface area contributed by atoms with Gasteiger partial charge in [0.2, 0.25) is 5.75 Å². The highest BCUT2D eigenvalue weighted by atomic mass is 16.7. The zero-order valence-electron chi connectivity index (χ0n) is 10.7. The van der Waals surface area contributed by atoms with Crippen LogP contribution >= 0.6 is 0 Å². The van der Waals surface area contributed by atoms with Crippen LogP contribution in [0.5, 0.6) is 17.2 Å². The summed E-state index contributed by atoms with van der Waals surface area (Å²) in [6.45, 7) is -0.482. The van der Waals surface area contributed by atoms with Gasteiger partial charge in [-0.05, 0) is 12.1 Å². The number of esters is 1. The van der Waals surface area contributed by atoms with Gasteiger partial charge in [-0.25, -0.2) is 9.59 Å². The molecule has 0 spiro atoms. The molecule has 0 aliphatic carbocycles. The van der Waals surface area contributed by atoms with E-state index in [-0.39, 0.29) is 17.1 Å². The average Bonchev–Trinajstić information content (AvgIpc) is 2.47. The average molecular weight is 284 g/mol. The Morgan fingerprint density at radius 2 is 1.85 bits per heavy atom. The van der Waals surface area contributed by atoms with Crippen molar-refractivity contribution in [1.82, 2.24) is 0 Å². The monoisotopic (exact) mass is 284 g/mol. The molecule has 0 amide bonds. The quantitative estimate of drug-likeness (QED) is 0.482. The standard InChI is InChI=1S/C12H12O8/c1-17-10(14)6-19-8-3-7(5-13)4-9(11(8)15)20-12(16)18-2/h3-5,15H,6H2,1-2H3. The van der Waals surface area contributed by atoms with E-state index in [2.05, 4.69) is 14.2 Å².